The third-order valence-corrected chi connectivity index (χ3v) is 9.34. The van der Waals surface area contributed by atoms with Crippen LogP contribution in [0.2, 0.25) is 0 Å². The van der Waals surface area contributed by atoms with Gasteiger partial charge < -0.3 is 11.1 Å². The monoisotopic (exact) mass is 534 g/mol. The van der Waals surface area contributed by atoms with E-state index in [2.05, 4.69) is 21.6 Å². The van der Waals surface area contributed by atoms with E-state index in [0.717, 1.165) is 29.7 Å². The highest BCUT2D eigenvalue weighted by Gasteiger charge is 2.41. The molecule has 2 aliphatic carbocycles. The van der Waals surface area contributed by atoms with Crippen LogP contribution >= 0.6 is 23.1 Å². The first kappa shape index (κ1) is 25.5. The number of nitrogens with one attached hydrogen (secondary N) is 1. The van der Waals surface area contributed by atoms with Gasteiger partial charge in [0.15, 0.2) is 10.1 Å². The van der Waals surface area contributed by atoms with Gasteiger partial charge in [0.1, 0.15) is 5.82 Å². The summed E-state index contributed by atoms with van der Waals surface area (Å²) in [5, 5.41) is 22.5. The number of nitriles is 1. The van der Waals surface area contributed by atoms with E-state index < -0.39 is 5.92 Å². The largest absolute Gasteiger partial charge is 0.384 e. The number of allylic oxidation sites excluding steroid dienone is 3. The Morgan fingerprint density at radius 1 is 1.22 bits per heavy atom. The lowest BCUT2D eigenvalue weighted by atomic mass is 9.75. The first-order chi connectivity index (χ1) is 18.0. The molecule has 0 spiro atoms. The van der Waals surface area contributed by atoms with Crippen molar-refractivity contribution in [2.75, 3.05) is 10.7 Å². The van der Waals surface area contributed by atoms with Crippen LogP contribution in [-0.4, -0.2) is 33.7 Å². The molecule has 1 atom stereocenters. The van der Waals surface area contributed by atoms with Gasteiger partial charge in [-0.3, -0.25) is 14.5 Å². The number of hydrogen-bond donors (Lipinski definition) is 2. The van der Waals surface area contributed by atoms with Gasteiger partial charge in [-0.2, -0.15) is 5.26 Å². The first-order valence-electron chi connectivity index (χ1n) is 12.7. The Labute approximate surface area is 225 Å². The topological polar surface area (TPSA) is 125 Å². The van der Waals surface area contributed by atoms with Crippen molar-refractivity contribution in [2.24, 2.45) is 5.73 Å². The smallest absolute Gasteiger partial charge is 0.230 e. The maximum atomic E-state index is 13.3. The molecule has 37 heavy (non-hydrogen) atoms. The molecule has 2 heterocycles. The highest BCUT2D eigenvalue weighted by atomic mass is 32.2. The quantitative estimate of drug-likeness (QED) is 0.511. The highest BCUT2D eigenvalue weighted by molar-refractivity contribution is 8.01. The average molecular weight is 535 g/mol. The van der Waals surface area contributed by atoms with Gasteiger partial charge in [0.25, 0.3) is 0 Å². The summed E-state index contributed by atoms with van der Waals surface area (Å²) in [6.07, 6.45) is 7.48. The van der Waals surface area contributed by atoms with E-state index in [0.29, 0.717) is 39.9 Å². The van der Waals surface area contributed by atoms with Crippen LogP contribution in [0.4, 0.5) is 5.13 Å². The Balaban J connectivity index is 1.42. The Hall–Kier alpha value is -3.16. The molecule has 5 rings (SSSR count). The van der Waals surface area contributed by atoms with Gasteiger partial charge in [-0.1, -0.05) is 66.6 Å². The molecule has 1 aromatic heterocycles. The number of aromatic nitrogens is 2. The molecule has 192 valence electrons. The van der Waals surface area contributed by atoms with Crippen molar-refractivity contribution < 1.29 is 9.59 Å². The molecule has 1 fully saturated rings. The van der Waals surface area contributed by atoms with Gasteiger partial charge in [0.05, 0.1) is 23.3 Å². The minimum atomic E-state index is -0.490. The molecule has 8 nitrogen and oxygen atoms in total. The van der Waals surface area contributed by atoms with E-state index in [9.17, 15) is 14.9 Å². The Kier molecular flexibility index (Phi) is 7.63. The summed E-state index contributed by atoms with van der Waals surface area (Å²) in [5.41, 5.74) is 10.3. The number of Topliss-reactive ketones (excluding diaryl/α,β-unsaturated/α-hetero) is 1. The predicted molar refractivity (Wildman–Crippen MR) is 145 cm³/mol. The third-order valence-electron chi connectivity index (χ3n) is 7.30. The summed E-state index contributed by atoms with van der Waals surface area (Å²) < 4.78 is 0.644. The molecule has 0 saturated heterocycles. The molecular weight excluding hydrogens is 504 g/mol. The number of hydrogen-bond acceptors (Lipinski definition) is 9. The lowest BCUT2D eigenvalue weighted by Crippen LogP contribution is -2.38. The second-order valence-electron chi connectivity index (χ2n) is 9.71. The zero-order valence-electron chi connectivity index (χ0n) is 20.8. The van der Waals surface area contributed by atoms with Crippen molar-refractivity contribution in [1.29, 1.82) is 5.26 Å². The fraction of sp³-hybridized carbons (Fsp3) is 0.444. The van der Waals surface area contributed by atoms with E-state index in [1.807, 2.05) is 31.2 Å². The zero-order chi connectivity index (χ0) is 25.9. The average Bonchev–Trinajstić information content (AvgIpc) is 3.36. The lowest BCUT2D eigenvalue weighted by molar-refractivity contribution is -0.119. The van der Waals surface area contributed by atoms with Crippen LogP contribution in [0.25, 0.3) is 0 Å². The molecule has 1 aliphatic heterocycles. The number of anilines is 1. The number of amides is 1. The maximum Gasteiger partial charge on any atom is 0.230 e. The molecule has 2 aromatic rings. The second kappa shape index (κ2) is 11.1. The molecule has 1 amide bonds. The van der Waals surface area contributed by atoms with Crippen LogP contribution < -0.4 is 16.0 Å². The van der Waals surface area contributed by atoms with E-state index in [1.165, 1.54) is 42.4 Å². The van der Waals surface area contributed by atoms with Gasteiger partial charge in [0.2, 0.25) is 11.0 Å². The molecule has 1 aromatic carbocycles. The van der Waals surface area contributed by atoms with Crippen molar-refractivity contribution in [1.82, 2.24) is 15.5 Å². The molecule has 1 saturated carbocycles. The molecule has 3 aliphatic rings. The Morgan fingerprint density at radius 2 is 2.00 bits per heavy atom. The number of carbonyl (C=O) groups excluding carboxylic acids is 2. The summed E-state index contributed by atoms with van der Waals surface area (Å²) in [6, 6.07) is 10.4. The molecular formula is C27H30N6O2S2. The van der Waals surface area contributed by atoms with Crippen molar-refractivity contribution in [3.8, 4) is 6.07 Å². The van der Waals surface area contributed by atoms with Gasteiger partial charge in [-0.05, 0) is 43.7 Å². The maximum absolute atomic E-state index is 13.3. The number of rotatable bonds is 6. The number of ketones is 1. The minimum absolute atomic E-state index is 0.00161. The normalized spacial score (nSPS) is 20.6. The van der Waals surface area contributed by atoms with Crippen molar-refractivity contribution in [2.45, 2.75) is 74.6 Å². The van der Waals surface area contributed by atoms with E-state index in [-0.39, 0.29) is 29.3 Å². The summed E-state index contributed by atoms with van der Waals surface area (Å²) in [7, 11) is 0. The third kappa shape index (κ3) is 5.15. The van der Waals surface area contributed by atoms with Crippen LogP contribution in [0.3, 0.4) is 0 Å². The molecule has 10 heteroatoms. The van der Waals surface area contributed by atoms with Gasteiger partial charge in [-0.25, -0.2) is 0 Å². The Morgan fingerprint density at radius 3 is 2.76 bits per heavy atom. The lowest BCUT2D eigenvalue weighted by Gasteiger charge is -2.38. The zero-order valence-corrected chi connectivity index (χ0v) is 22.5. The van der Waals surface area contributed by atoms with Gasteiger partial charge >= 0.3 is 0 Å². The Bertz CT molecular complexity index is 1320. The van der Waals surface area contributed by atoms with E-state index in [4.69, 9.17) is 5.73 Å². The fourth-order valence-electron chi connectivity index (χ4n) is 5.52. The highest BCUT2D eigenvalue weighted by Crippen LogP contribution is 2.47. The first-order valence-corrected chi connectivity index (χ1v) is 14.6. The minimum Gasteiger partial charge on any atom is -0.384 e. The SMILES string of the molecule is Cc1ccccc1C1C(C#N)=C(N)N(c2nnc(SCC(=O)NC3CCCCC3)s2)C2=C1C(=O)CCC2. The van der Waals surface area contributed by atoms with Crippen molar-refractivity contribution in [3.63, 3.8) is 0 Å². The number of nitrogens with zero attached hydrogens (tertiary/aromatic N) is 4. The molecule has 3 N–H and O–H groups in total. The van der Waals surface area contributed by atoms with Crippen LogP contribution in [0.15, 0.2) is 51.3 Å². The molecule has 0 bridgehead atoms. The van der Waals surface area contributed by atoms with Gasteiger partial charge in [-0.15, -0.1) is 10.2 Å². The van der Waals surface area contributed by atoms with E-state index in [1.54, 1.807) is 4.90 Å². The summed E-state index contributed by atoms with van der Waals surface area (Å²) in [6.45, 7) is 1.99. The van der Waals surface area contributed by atoms with Crippen molar-refractivity contribution >= 4 is 39.9 Å². The van der Waals surface area contributed by atoms with Crippen LogP contribution in [0.1, 0.15) is 68.4 Å². The molecule has 0 radical (unpaired) electrons. The summed E-state index contributed by atoms with van der Waals surface area (Å²) in [5.74, 6) is 0.101. The van der Waals surface area contributed by atoms with Crippen LogP contribution in [-0.2, 0) is 9.59 Å². The van der Waals surface area contributed by atoms with Crippen LogP contribution in [0.5, 0.6) is 0 Å². The standard InChI is InChI=1S/C27H30N6O2S2/c1-16-8-5-6-11-18(16)23-19(14-28)25(29)33(20-12-7-13-21(34)24(20)23)26-31-32-27(37-26)36-15-22(35)30-17-9-3-2-4-10-17/h5-6,8,11,17,23H,2-4,7,9-10,12-13,15,29H2,1H3,(H,30,35). The summed E-state index contributed by atoms with van der Waals surface area (Å²) >= 11 is 2.66. The predicted octanol–water partition coefficient (Wildman–Crippen LogP) is 4.69. The van der Waals surface area contributed by atoms with Crippen LogP contribution in [0, 0.1) is 18.3 Å². The number of carbonyl (C=O) groups is 2. The van der Waals surface area contributed by atoms with Gasteiger partial charge in [0, 0.05) is 23.7 Å². The van der Waals surface area contributed by atoms with E-state index >= 15 is 0 Å². The molecule has 1 unspecified atom stereocenters. The fourth-order valence-corrected chi connectivity index (χ4v) is 7.21. The number of nitrogens with two attached hydrogens (primary N) is 1. The number of thioether (sulfide) groups is 1. The summed E-state index contributed by atoms with van der Waals surface area (Å²) in [4.78, 5) is 27.5. The van der Waals surface area contributed by atoms with Crippen molar-refractivity contribution in [3.05, 3.63) is 58.1 Å². The number of aryl methyl sites for hydroxylation is 1. The number of benzene rings is 1. The second-order valence-corrected chi connectivity index (χ2v) is 11.9.